The molecule has 1 aliphatic heterocycles. The van der Waals surface area contributed by atoms with Crippen molar-refractivity contribution in [1.82, 2.24) is 10.2 Å². The van der Waals surface area contributed by atoms with Crippen LogP contribution in [0.1, 0.15) is 45.1 Å². The van der Waals surface area contributed by atoms with Crippen molar-refractivity contribution in [3.8, 4) is 0 Å². The Morgan fingerprint density at radius 2 is 1.95 bits per heavy atom. The Hall–Kier alpha value is -1.51. The highest BCUT2D eigenvalue weighted by Crippen LogP contribution is 2.47. The van der Waals surface area contributed by atoms with Gasteiger partial charge in [0.25, 0.3) is 0 Å². The summed E-state index contributed by atoms with van der Waals surface area (Å²) in [5.74, 6) is 1.08. The zero-order chi connectivity index (χ0) is 15.6. The summed E-state index contributed by atoms with van der Waals surface area (Å²) in [5.41, 5.74) is 2.09. The molecule has 1 N–H and O–H groups in total. The molecule has 1 saturated carbocycles. The van der Waals surface area contributed by atoms with Crippen LogP contribution in [-0.2, 0) is 5.41 Å². The van der Waals surface area contributed by atoms with E-state index in [0.717, 1.165) is 19.0 Å². The molecule has 1 aliphatic carbocycles. The van der Waals surface area contributed by atoms with Crippen molar-refractivity contribution in [2.45, 2.75) is 44.9 Å². The summed E-state index contributed by atoms with van der Waals surface area (Å²) in [6.07, 6.45) is 5.59. The summed E-state index contributed by atoms with van der Waals surface area (Å²) in [6, 6.07) is 10.7. The van der Waals surface area contributed by atoms with Crippen molar-refractivity contribution in [1.29, 1.82) is 0 Å². The average Bonchev–Trinajstić information content (AvgIpc) is 2.94. The molecule has 1 saturated heterocycles. The van der Waals surface area contributed by atoms with Crippen LogP contribution in [0, 0.1) is 5.41 Å². The van der Waals surface area contributed by atoms with Gasteiger partial charge in [-0.25, -0.2) is 0 Å². The van der Waals surface area contributed by atoms with E-state index < -0.39 is 0 Å². The third-order valence-corrected chi connectivity index (χ3v) is 5.61. The second-order valence-corrected chi connectivity index (χ2v) is 7.68. The van der Waals surface area contributed by atoms with E-state index in [0.29, 0.717) is 5.41 Å². The third-order valence-electron chi connectivity index (χ3n) is 5.61. The van der Waals surface area contributed by atoms with E-state index in [9.17, 15) is 0 Å². The Morgan fingerprint density at radius 1 is 1.23 bits per heavy atom. The Balaban J connectivity index is 1.60. The Bertz CT molecular complexity index is 529. The van der Waals surface area contributed by atoms with Crippen molar-refractivity contribution < 1.29 is 0 Å². The fourth-order valence-electron chi connectivity index (χ4n) is 3.82. The number of aliphatic imine (C=N–C) groups is 1. The van der Waals surface area contributed by atoms with Gasteiger partial charge >= 0.3 is 0 Å². The fraction of sp³-hybridized carbons (Fsp3) is 0.632. The van der Waals surface area contributed by atoms with Crippen molar-refractivity contribution in [3.05, 3.63) is 35.9 Å². The van der Waals surface area contributed by atoms with Gasteiger partial charge in [-0.15, -0.1) is 0 Å². The minimum Gasteiger partial charge on any atom is -0.355 e. The third kappa shape index (κ3) is 2.99. The molecule has 1 heterocycles. The number of likely N-dealkylation sites (tertiary alicyclic amines) is 1. The van der Waals surface area contributed by atoms with Crippen LogP contribution in [0.15, 0.2) is 35.3 Å². The normalized spacial score (nSPS) is 21.0. The van der Waals surface area contributed by atoms with E-state index in [1.165, 1.54) is 37.8 Å². The first kappa shape index (κ1) is 15.4. The molecule has 2 aliphatic rings. The maximum atomic E-state index is 4.52. The van der Waals surface area contributed by atoms with Crippen LogP contribution in [0.2, 0.25) is 0 Å². The van der Waals surface area contributed by atoms with Crippen molar-refractivity contribution >= 4 is 5.96 Å². The van der Waals surface area contributed by atoms with Crippen molar-refractivity contribution in [2.75, 3.05) is 26.7 Å². The van der Waals surface area contributed by atoms with Gasteiger partial charge in [-0.05, 0) is 30.2 Å². The lowest BCUT2D eigenvalue weighted by molar-refractivity contribution is 0.151. The van der Waals surface area contributed by atoms with E-state index in [-0.39, 0.29) is 5.41 Å². The van der Waals surface area contributed by atoms with Crippen LogP contribution in [0.5, 0.6) is 0 Å². The van der Waals surface area contributed by atoms with Crippen LogP contribution in [0.3, 0.4) is 0 Å². The quantitative estimate of drug-likeness (QED) is 0.684. The smallest absolute Gasteiger partial charge is 0.193 e. The van der Waals surface area contributed by atoms with E-state index in [2.05, 4.69) is 59.4 Å². The number of hydrogen-bond acceptors (Lipinski definition) is 1. The standard InChI is InChI=1S/C19H29N3/c1-18(2,16-8-5-4-6-9-16)14-21-17(20-3)22-13-12-19(15-22)10-7-11-19/h4-6,8-9H,7,10-15H2,1-3H3,(H,20,21). The minimum atomic E-state index is 0.102. The van der Waals surface area contributed by atoms with E-state index >= 15 is 0 Å². The lowest BCUT2D eigenvalue weighted by Crippen LogP contribution is -2.46. The number of nitrogens with one attached hydrogen (secondary N) is 1. The number of hydrogen-bond donors (Lipinski definition) is 1. The minimum absolute atomic E-state index is 0.102. The summed E-state index contributed by atoms with van der Waals surface area (Å²) < 4.78 is 0. The largest absolute Gasteiger partial charge is 0.355 e. The summed E-state index contributed by atoms with van der Waals surface area (Å²) in [4.78, 5) is 6.98. The summed E-state index contributed by atoms with van der Waals surface area (Å²) in [5, 5.41) is 3.61. The van der Waals surface area contributed by atoms with Crippen LogP contribution in [0.25, 0.3) is 0 Å². The number of nitrogens with zero attached hydrogens (tertiary/aromatic N) is 2. The molecule has 0 bridgehead atoms. The summed E-state index contributed by atoms with van der Waals surface area (Å²) in [7, 11) is 1.91. The van der Waals surface area contributed by atoms with Gasteiger partial charge in [0, 0.05) is 32.1 Å². The fourth-order valence-corrected chi connectivity index (χ4v) is 3.82. The van der Waals surface area contributed by atoms with Crippen molar-refractivity contribution in [3.63, 3.8) is 0 Å². The predicted octanol–water partition coefficient (Wildman–Crippen LogP) is 3.42. The van der Waals surface area contributed by atoms with Gasteiger partial charge in [-0.1, -0.05) is 50.6 Å². The first-order valence-electron chi connectivity index (χ1n) is 8.56. The van der Waals surface area contributed by atoms with Gasteiger partial charge < -0.3 is 10.2 Å². The second-order valence-electron chi connectivity index (χ2n) is 7.68. The molecule has 2 fully saturated rings. The zero-order valence-corrected chi connectivity index (χ0v) is 14.2. The molecule has 3 heteroatoms. The van der Waals surface area contributed by atoms with Gasteiger partial charge in [-0.2, -0.15) is 0 Å². The Morgan fingerprint density at radius 3 is 2.50 bits per heavy atom. The molecular weight excluding hydrogens is 270 g/mol. The monoisotopic (exact) mass is 299 g/mol. The van der Waals surface area contributed by atoms with Crippen LogP contribution >= 0.6 is 0 Å². The molecular formula is C19H29N3. The Kier molecular flexibility index (Phi) is 4.16. The van der Waals surface area contributed by atoms with Gasteiger partial charge in [-0.3, -0.25) is 4.99 Å². The second kappa shape index (κ2) is 5.94. The van der Waals surface area contributed by atoms with E-state index in [1.807, 2.05) is 7.05 Å². The summed E-state index contributed by atoms with van der Waals surface area (Å²) >= 11 is 0. The van der Waals surface area contributed by atoms with Gasteiger partial charge in [0.2, 0.25) is 0 Å². The van der Waals surface area contributed by atoms with Crippen molar-refractivity contribution in [2.24, 2.45) is 10.4 Å². The first-order chi connectivity index (χ1) is 10.5. The molecule has 1 aromatic carbocycles. The molecule has 0 amide bonds. The molecule has 0 unspecified atom stereocenters. The average molecular weight is 299 g/mol. The van der Waals surface area contributed by atoms with Crippen LogP contribution < -0.4 is 5.32 Å². The molecule has 120 valence electrons. The van der Waals surface area contributed by atoms with Crippen LogP contribution in [0.4, 0.5) is 0 Å². The van der Waals surface area contributed by atoms with Gasteiger partial charge in [0.05, 0.1) is 0 Å². The lowest BCUT2D eigenvalue weighted by Gasteiger charge is -2.38. The highest BCUT2D eigenvalue weighted by molar-refractivity contribution is 5.80. The maximum Gasteiger partial charge on any atom is 0.193 e. The molecule has 3 rings (SSSR count). The van der Waals surface area contributed by atoms with Gasteiger partial charge in [0.15, 0.2) is 5.96 Å². The highest BCUT2D eigenvalue weighted by Gasteiger charge is 2.43. The zero-order valence-electron chi connectivity index (χ0n) is 14.2. The molecule has 3 nitrogen and oxygen atoms in total. The number of guanidine groups is 1. The van der Waals surface area contributed by atoms with Crippen LogP contribution in [-0.4, -0.2) is 37.5 Å². The lowest BCUT2D eigenvalue weighted by atomic mass is 9.68. The molecule has 0 aromatic heterocycles. The van der Waals surface area contributed by atoms with E-state index in [4.69, 9.17) is 0 Å². The maximum absolute atomic E-state index is 4.52. The molecule has 1 spiro atoms. The SMILES string of the molecule is CN=C(NCC(C)(C)c1ccccc1)N1CCC2(CCC2)C1. The molecule has 0 radical (unpaired) electrons. The molecule has 0 atom stereocenters. The molecule has 22 heavy (non-hydrogen) atoms. The summed E-state index contributed by atoms with van der Waals surface area (Å²) in [6.45, 7) is 7.84. The Labute approximate surface area is 134 Å². The topological polar surface area (TPSA) is 27.6 Å². The van der Waals surface area contributed by atoms with E-state index in [1.54, 1.807) is 0 Å². The first-order valence-corrected chi connectivity index (χ1v) is 8.56. The van der Waals surface area contributed by atoms with Gasteiger partial charge in [0.1, 0.15) is 0 Å². The number of benzene rings is 1. The molecule has 1 aromatic rings. The highest BCUT2D eigenvalue weighted by atomic mass is 15.3. The number of rotatable bonds is 3. The predicted molar refractivity (Wildman–Crippen MR) is 93.3 cm³/mol.